The summed E-state index contributed by atoms with van der Waals surface area (Å²) in [6.07, 6.45) is 10.4. The van der Waals surface area contributed by atoms with E-state index in [1.165, 1.54) is 7.11 Å². The number of rotatable bonds is 40. The fourth-order valence-corrected chi connectivity index (χ4v) is 17.8. The van der Waals surface area contributed by atoms with Gasteiger partial charge in [-0.1, -0.05) is 72.8 Å². The Morgan fingerprint density at radius 3 is 0.936 bits per heavy atom. The number of carbonyl (C=O) groups is 6. The molecule has 18 rings (SSSR count). The van der Waals surface area contributed by atoms with Crippen LogP contribution in [0, 0.1) is 13.8 Å². The number of fused-ring (bicyclic) bond motifs is 16. The Hall–Kier alpha value is -13.4. The van der Waals surface area contributed by atoms with Crippen molar-refractivity contribution in [3.63, 3.8) is 0 Å². The number of para-hydroxylation sites is 4. The second kappa shape index (κ2) is 47.5. The number of aliphatic carboxylic acids is 1. The van der Waals surface area contributed by atoms with Gasteiger partial charge >= 0.3 is 46.5 Å². The first-order valence-electron chi connectivity index (χ1n) is 46.8. The Morgan fingerprint density at radius 2 is 0.636 bits per heavy atom. The minimum absolute atomic E-state index is 0. The first kappa shape index (κ1) is 101. The Kier molecular flexibility index (Phi) is 34.3. The van der Waals surface area contributed by atoms with Gasteiger partial charge in [-0.2, -0.15) is 0 Å². The molecule has 1 radical (unpaired) electrons. The number of amides is 4. The predicted molar refractivity (Wildman–Crippen MR) is 541 cm³/mol. The van der Waals surface area contributed by atoms with Crippen LogP contribution in [0.15, 0.2) is 202 Å². The quantitative estimate of drug-likeness (QED) is 0.0212. The van der Waals surface area contributed by atoms with Crippen molar-refractivity contribution in [1.29, 1.82) is 0 Å². The molecule has 0 spiro atoms. The van der Waals surface area contributed by atoms with Gasteiger partial charge in [0.15, 0.2) is 23.0 Å². The maximum absolute atomic E-state index is 14.0. The van der Waals surface area contributed by atoms with Crippen molar-refractivity contribution in [2.45, 2.75) is 118 Å². The molecule has 140 heavy (non-hydrogen) atoms. The molecular formula is C108H119N10O21Sn. The van der Waals surface area contributed by atoms with Crippen molar-refractivity contribution in [2.75, 3.05) is 157 Å². The molecule has 4 atom stereocenters. The van der Waals surface area contributed by atoms with Crippen LogP contribution in [0.1, 0.15) is 110 Å². The van der Waals surface area contributed by atoms with E-state index >= 15 is 0 Å². The first-order valence-corrected chi connectivity index (χ1v) is 55.4. The molecule has 0 unspecified atom stereocenters. The van der Waals surface area contributed by atoms with Gasteiger partial charge in [-0.25, -0.2) is 0 Å². The van der Waals surface area contributed by atoms with Gasteiger partial charge in [-0.15, -0.1) is 0 Å². The molecule has 4 amide bonds. The third kappa shape index (κ3) is 24.2. The number of esters is 1. The number of carboxylic acids is 1. The normalized spacial score (nSPS) is 16.0. The van der Waals surface area contributed by atoms with Crippen molar-refractivity contribution in [3.8, 4) is 34.5 Å². The van der Waals surface area contributed by atoms with Crippen molar-refractivity contribution >= 4 is 137 Å². The molecule has 0 aromatic heterocycles. The van der Waals surface area contributed by atoms with Crippen molar-refractivity contribution in [2.24, 2.45) is 20.0 Å². The molecule has 8 aliphatic rings. The number of likely N-dealkylation sites (N-methyl/N-ethyl adjacent to an activating group) is 2. The van der Waals surface area contributed by atoms with E-state index in [2.05, 4.69) is 65.8 Å². The number of hydrogen-bond donors (Lipinski definition) is 1. The molecule has 10 aromatic rings. The number of benzene rings is 10. The molecule has 32 heteroatoms. The zero-order valence-corrected chi connectivity index (χ0v) is 83.4. The van der Waals surface area contributed by atoms with Gasteiger partial charge in [0.25, 0.3) is 23.6 Å². The van der Waals surface area contributed by atoms with E-state index < -0.39 is 25.7 Å². The van der Waals surface area contributed by atoms with Crippen LogP contribution in [0.25, 0.3) is 0 Å². The molecule has 0 bridgehead atoms. The van der Waals surface area contributed by atoms with Gasteiger partial charge in [0.05, 0.1) is 183 Å². The number of aliphatic imine (C=N–C) groups is 4. The third-order valence-corrected chi connectivity index (χ3v) is 24.8. The number of nitrogens with zero attached hydrogens (tertiary/aromatic N) is 10. The molecule has 0 saturated carbocycles. The van der Waals surface area contributed by atoms with Crippen molar-refractivity contribution in [3.05, 3.63) is 260 Å². The van der Waals surface area contributed by atoms with E-state index in [1.807, 2.05) is 194 Å². The average molecular weight is 2010 g/mol. The van der Waals surface area contributed by atoms with E-state index in [4.69, 9.17) is 81.9 Å². The Bertz CT molecular complexity index is 6300. The number of carbonyl (C=O) groups excluding carboxylic acids is 5. The predicted octanol–water partition coefficient (Wildman–Crippen LogP) is 16.0. The molecule has 0 aliphatic carbocycles. The summed E-state index contributed by atoms with van der Waals surface area (Å²) < 4.78 is 75.9. The van der Waals surface area contributed by atoms with Crippen LogP contribution in [0.5, 0.6) is 34.5 Å². The summed E-state index contributed by atoms with van der Waals surface area (Å²) in [5.74, 6) is 1.36. The Labute approximate surface area is 822 Å². The van der Waals surface area contributed by atoms with E-state index in [9.17, 15) is 28.8 Å². The fourth-order valence-electron chi connectivity index (χ4n) is 17.8. The summed E-state index contributed by atoms with van der Waals surface area (Å²) in [4.78, 5) is 116. The first-order chi connectivity index (χ1) is 67.6. The van der Waals surface area contributed by atoms with Crippen LogP contribution < -0.4 is 57.8 Å². The van der Waals surface area contributed by atoms with Crippen LogP contribution in [0.3, 0.4) is 0 Å². The summed E-state index contributed by atoms with van der Waals surface area (Å²) in [5.41, 5.74) is 19.3. The van der Waals surface area contributed by atoms with E-state index in [1.54, 1.807) is 38.5 Å². The second-order valence-electron chi connectivity index (χ2n) is 35.4. The number of ether oxygens (including phenoxy) is 13. The number of hydrogen-bond acceptors (Lipinski definition) is 25. The Balaban J connectivity index is 0.000000203. The molecule has 31 nitrogen and oxygen atoms in total. The molecule has 0 fully saturated rings. The van der Waals surface area contributed by atoms with E-state index in [0.717, 1.165) is 103 Å². The van der Waals surface area contributed by atoms with Gasteiger partial charge in [0.2, 0.25) is 0 Å². The standard InChI is InChI=1S/C53H55N5O10.C52H53N5O10.3CH3.H2O.Sn/c1-34-21-42-44(54-30-40-25-37-9-5-7-11-46(37)57(40)52(42)60)28-48(34)67-32-35-22-36(24-39(23-35)56(2)14-16-65-18-20-66-19-17-64-15-13-51(59)63-4)33-68-50-29-45-43(27-49(50)62-3)53(61)58-41(31-55-45)26-38-10-6-8-12-47(38)58;1-33-20-41-43(53-29-39-24-36-8-4-6-10-45(36)56(39)51(41)60)27-47(33)66-31-34-21-35(23-38(22-34)55(2)13-15-64-17-19-65-18-16-63-14-12-50(58)59)32-67-49-28-44-42(26-48(49)62-3)52(61)57-40(30-54-44)25-37-9-5-7-11-46(37)57;;;;;/h5-12,21-24,27-31,40-41H,13-20,25-26,32-33H2,1-4H3;4-11,20-23,26-30,39-40H,12-19,24-25,31-32H2,1-3H3,(H,58,59);3*1H3;1H2;/t40-,41-;39-,40-;;;;;/m00...../s1. The average Bonchev–Trinajstić information content (AvgIpc) is 1.62. The van der Waals surface area contributed by atoms with Gasteiger partial charge < -0.3 is 82.0 Å². The molecular weight excluding hydrogens is 1890 g/mol. The van der Waals surface area contributed by atoms with Crippen LogP contribution >= 0.6 is 0 Å². The molecule has 3 N–H and O–H groups in total. The molecule has 10 aromatic carbocycles. The second-order valence-corrected chi connectivity index (χ2v) is 43.9. The summed E-state index contributed by atoms with van der Waals surface area (Å²) in [7, 11) is 8.46. The van der Waals surface area contributed by atoms with Crippen molar-refractivity contribution in [1.82, 2.24) is 0 Å². The van der Waals surface area contributed by atoms with Crippen LogP contribution in [0.2, 0.25) is 14.8 Å². The maximum atomic E-state index is 14.0. The summed E-state index contributed by atoms with van der Waals surface area (Å²) in [5, 5.41) is 8.74. The fraction of sp³-hybridized carbons (Fsp3) is 0.352. The Morgan fingerprint density at radius 1 is 0.364 bits per heavy atom. The van der Waals surface area contributed by atoms with E-state index in [0.29, 0.717) is 172 Å². The van der Waals surface area contributed by atoms with Crippen molar-refractivity contribution < 1.29 is 101 Å². The number of carboxylic acid groups (broad SMARTS) is 1. The molecule has 0 saturated heterocycles. The van der Waals surface area contributed by atoms with Crippen LogP contribution in [-0.2, 0) is 94.9 Å². The number of methoxy groups -OCH3 is 3. The van der Waals surface area contributed by atoms with Gasteiger partial charge in [0.1, 0.15) is 37.9 Å². The van der Waals surface area contributed by atoms with Gasteiger partial charge in [0, 0.05) is 136 Å². The number of anilines is 6. The topological polar surface area (TPSA) is 343 Å². The molecule has 731 valence electrons. The van der Waals surface area contributed by atoms with Gasteiger partial charge in [-0.05, 0) is 154 Å². The number of aryl methyl sites for hydroxylation is 2. The zero-order valence-electron chi connectivity index (χ0n) is 80.6. The SMILES string of the molecule is COC(=O)CCOCCOCCOCCN(C)c1cc(COc2cc3c(cc2C)C(=O)N2c4ccccc4C[C@H]2C=N3)cc(COc2cc3c(cc2OC)C(=O)N2c4ccccc4C[C@H]2C=N3)c1.COc1cc2c(cc1OCc1cc(COc3cc4c(cc3C)C(=O)N3c5ccccc5C[C@H]3C=N4)cc(N(C)CCOCCOCCOCCC(=O)O)c1)N=C[C@@H]1Cc3ccccc3N1C2=O.O.[CH3][Sn]([CH3])[CH3]. The summed E-state index contributed by atoms with van der Waals surface area (Å²) in [6, 6.07) is 58.0. The van der Waals surface area contributed by atoms with Gasteiger partial charge in [-0.3, -0.25) is 68.3 Å². The minimum atomic E-state index is -0.897. The molecule has 8 heterocycles. The van der Waals surface area contributed by atoms with Crippen LogP contribution in [0.4, 0.5) is 56.9 Å². The zero-order chi connectivity index (χ0) is 97.2. The summed E-state index contributed by atoms with van der Waals surface area (Å²) >= 11 is -0.543. The van der Waals surface area contributed by atoms with Crippen LogP contribution in [-0.4, -0.2) is 243 Å². The third-order valence-electron chi connectivity index (χ3n) is 24.8. The monoisotopic (exact) mass is 2010 g/mol. The summed E-state index contributed by atoms with van der Waals surface area (Å²) in [6.45, 7) is 10.2. The molecule has 8 aliphatic heterocycles. The van der Waals surface area contributed by atoms with E-state index in [-0.39, 0.29) is 112 Å².